The average Bonchev–Trinajstić information content (AvgIpc) is 2.67. The number of ether oxygens (including phenoxy) is 2. The lowest BCUT2D eigenvalue weighted by atomic mass is 10.1. The Kier molecular flexibility index (Phi) is 7.85. The van der Waals surface area contributed by atoms with Gasteiger partial charge in [-0.15, -0.1) is 11.8 Å². The molecule has 26 heavy (non-hydrogen) atoms. The summed E-state index contributed by atoms with van der Waals surface area (Å²) in [6, 6.07) is 16.2. The fourth-order valence-corrected chi connectivity index (χ4v) is 3.51. The predicted octanol–water partition coefficient (Wildman–Crippen LogP) is 4.32. The van der Waals surface area contributed by atoms with E-state index in [1.807, 2.05) is 43.3 Å². The standard InChI is InChI=1S/C21H27NO3S/c1-15(10-11-17-8-6-5-7-9-17)22-21(23)16(2)26-18-12-13-19(24-3)20(14-18)25-4/h5-9,12-16H,10-11H2,1-4H3,(H,22,23)/t15-,16-/m1/s1. The maximum atomic E-state index is 12.5. The number of hydrogen-bond acceptors (Lipinski definition) is 4. The largest absolute Gasteiger partial charge is 0.493 e. The number of carbonyl (C=O) groups is 1. The molecular weight excluding hydrogens is 346 g/mol. The SMILES string of the molecule is COc1ccc(S[C@H](C)C(=O)N[C@H](C)CCc2ccccc2)cc1OC. The molecule has 0 aromatic heterocycles. The van der Waals surface area contributed by atoms with Crippen molar-refractivity contribution < 1.29 is 14.3 Å². The van der Waals surface area contributed by atoms with E-state index in [9.17, 15) is 4.79 Å². The van der Waals surface area contributed by atoms with Crippen molar-refractivity contribution in [2.75, 3.05) is 14.2 Å². The Balaban J connectivity index is 1.85. The number of benzene rings is 2. The maximum absolute atomic E-state index is 12.5. The molecule has 4 nitrogen and oxygen atoms in total. The molecule has 5 heteroatoms. The van der Waals surface area contributed by atoms with Crippen LogP contribution in [0, 0.1) is 0 Å². The van der Waals surface area contributed by atoms with Crippen LogP contribution in [0.2, 0.25) is 0 Å². The third-order valence-electron chi connectivity index (χ3n) is 4.13. The van der Waals surface area contributed by atoms with Gasteiger partial charge in [0.1, 0.15) is 0 Å². The molecule has 0 aliphatic carbocycles. The molecule has 2 rings (SSSR count). The highest BCUT2D eigenvalue weighted by Crippen LogP contribution is 2.33. The lowest BCUT2D eigenvalue weighted by Gasteiger charge is -2.18. The molecule has 0 unspecified atom stereocenters. The first-order valence-corrected chi connectivity index (χ1v) is 9.64. The first-order chi connectivity index (χ1) is 12.5. The molecule has 0 spiro atoms. The molecule has 1 N–H and O–H groups in total. The number of rotatable bonds is 9. The highest BCUT2D eigenvalue weighted by atomic mass is 32.2. The van der Waals surface area contributed by atoms with Crippen molar-refractivity contribution in [1.82, 2.24) is 5.32 Å². The van der Waals surface area contributed by atoms with Crippen LogP contribution in [-0.2, 0) is 11.2 Å². The number of methoxy groups -OCH3 is 2. The first kappa shape index (κ1) is 20.2. The van der Waals surface area contributed by atoms with E-state index in [0.717, 1.165) is 17.7 Å². The molecule has 0 aliphatic heterocycles. The Morgan fingerprint density at radius 3 is 2.38 bits per heavy atom. The van der Waals surface area contributed by atoms with Crippen molar-refractivity contribution >= 4 is 17.7 Å². The summed E-state index contributed by atoms with van der Waals surface area (Å²) in [6.07, 6.45) is 1.88. The van der Waals surface area contributed by atoms with Crippen molar-refractivity contribution in [3.05, 3.63) is 54.1 Å². The monoisotopic (exact) mass is 373 g/mol. The van der Waals surface area contributed by atoms with Crippen LogP contribution >= 0.6 is 11.8 Å². The summed E-state index contributed by atoms with van der Waals surface area (Å²) in [6.45, 7) is 3.97. The van der Waals surface area contributed by atoms with E-state index in [1.54, 1.807) is 14.2 Å². The van der Waals surface area contributed by atoms with Gasteiger partial charge in [-0.05, 0) is 50.5 Å². The predicted molar refractivity (Wildman–Crippen MR) is 107 cm³/mol. The van der Waals surface area contributed by atoms with E-state index >= 15 is 0 Å². The van der Waals surface area contributed by atoms with Gasteiger partial charge in [-0.25, -0.2) is 0 Å². The minimum atomic E-state index is -0.188. The third-order valence-corrected chi connectivity index (χ3v) is 5.23. The van der Waals surface area contributed by atoms with Gasteiger partial charge in [0, 0.05) is 10.9 Å². The van der Waals surface area contributed by atoms with Crippen molar-refractivity contribution in [1.29, 1.82) is 0 Å². The number of hydrogen-bond donors (Lipinski definition) is 1. The quantitative estimate of drug-likeness (QED) is 0.665. The summed E-state index contributed by atoms with van der Waals surface area (Å²) >= 11 is 1.51. The lowest BCUT2D eigenvalue weighted by molar-refractivity contribution is -0.120. The summed E-state index contributed by atoms with van der Waals surface area (Å²) in [7, 11) is 3.22. The van der Waals surface area contributed by atoms with E-state index < -0.39 is 0 Å². The zero-order valence-electron chi connectivity index (χ0n) is 15.8. The Morgan fingerprint density at radius 1 is 1.04 bits per heavy atom. The van der Waals surface area contributed by atoms with Crippen LogP contribution in [-0.4, -0.2) is 31.4 Å². The highest BCUT2D eigenvalue weighted by Gasteiger charge is 2.17. The molecule has 2 aromatic carbocycles. The number of thioether (sulfide) groups is 1. The van der Waals surface area contributed by atoms with Crippen LogP contribution in [0.15, 0.2) is 53.4 Å². The molecule has 2 aromatic rings. The van der Waals surface area contributed by atoms with Gasteiger partial charge in [0.2, 0.25) is 5.91 Å². The molecule has 0 bridgehead atoms. The zero-order chi connectivity index (χ0) is 18.9. The number of carbonyl (C=O) groups excluding carboxylic acids is 1. The van der Waals surface area contributed by atoms with Crippen LogP contribution in [0.4, 0.5) is 0 Å². The smallest absolute Gasteiger partial charge is 0.233 e. The van der Waals surface area contributed by atoms with Gasteiger partial charge in [0.15, 0.2) is 11.5 Å². The summed E-state index contributed by atoms with van der Waals surface area (Å²) in [4.78, 5) is 13.4. The van der Waals surface area contributed by atoms with E-state index in [0.29, 0.717) is 11.5 Å². The Labute approximate surface area is 160 Å². The second-order valence-electron chi connectivity index (χ2n) is 6.21. The van der Waals surface area contributed by atoms with Gasteiger partial charge >= 0.3 is 0 Å². The molecule has 2 atom stereocenters. The van der Waals surface area contributed by atoms with Gasteiger partial charge in [0.25, 0.3) is 0 Å². The Hall–Kier alpha value is -2.14. The summed E-state index contributed by atoms with van der Waals surface area (Å²) in [5.41, 5.74) is 1.29. The third kappa shape index (κ3) is 5.99. The van der Waals surface area contributed by atoms with Crippen molar-refractivity contribution in [2.24, 2.45) is 0 Å². The lowest BCUT2D eigenvalue weighted by Crippen LogP contribution is -2.37. The van der Waals surface area contributed by atoms with Crippen molar-refractivity contribution in [3.8, 4) is 11.5 Å². The summed E-state index contributed by atoms with van der Waals surface area (Å²) in [5, 5.41) is 2.92. The number of aryl methyl sites for hydroxylation is 1. The summed E-state index contributed by atoms with van der Waals surface area (Å²) < 4.78 is 10.6. The number of nitrogens with one attached hydrogen (secondary N) is 1. The highest BCUT2D eigenvalue weighted by molar-refractivity contribution is 8.00. The van der Waals surface area contributed by atoms with E-state index in [2.05, 4.69) is 24.4 Å². The van der Waals surface area contributed by atoms with E-state index in [-0.39, 0.29) is 17.2 Å². The Bertz CT molecular complexity index is 706. The molecule has 0 aliphatic rings. The molecule has 0 heterocycles. The second kappa shape index (κ2) is 10.1. The molecular formula is C21H27NO3S. The fourth-order valence-electron chi connectivity index (χ4n) is 2.61. The Morgan fingerprint density at radius 2 is 1.73 bits per heavy atom. The molecule has 0 fully saturated rings. The van der Waals surface area contributed by atoms with E-state index in [1.165, 1.54) is 17.3 Å². The fraction of sp³-hybridized carbons (Fsp3) is 0.381. The first-order valence-electron chi connectivity index (χ1n) is 8.76. The molecule has 1 amide bonds. The van der Waals surface area contributed by atoms with Crippen molar-refractivity contribution in [3.63, 3.8) is 0 Å². The average molecular weight is 374 g/mol. The van der Waals surface area contributed by atoms with Crippen LogP contribution in [0.5, 0.6) is 11.5 Å². The molecule has 0 saturated carbocycles. The van der Waals surface area contributed by atoms with Crippen LogP contribution < -0.4 is 14.8 Å². The molecule has 140 valence electrons. The topological polar surface area (TPSA) is 47.6 Å². The van der Waals surface area contributed by atoms with Gasteiger partial charge in [0.05, 0.1) is 19.5 Å². The second-order valence-corrected chi connectivity index (χ2v) is 7.62. The molecule has 0 saturated heterocycles. The number of amides is 1. The maximum Gasteiger partial charge on any atom is 0.233 e. The van der Waals surface area contributed by atoms with Gasteiger partial charge in [-0.3, -0.25) is 4.79 Å². The van der Waals surface area contributed by atoms with Crippen LogP contribution in [0.3, 0.4) is 0 Å². The zero-order valence-corrected chi connectivity index (χ0v) is 16.6. The van der Waals surface area contributed by atoms with Crippen molar-refractivity contribution in [2.45, 2.75) is 42.9 Å². The normalized spacial score (nSPS) is 12.9. The summed E-state index contributed by atoms with van der Waals surface area (Å²) in [5.74, 6) is 1.40. The minimum Gasteiger partial charge on any atom is -0.493 e. The van der Waals surface area contributed by atoms with Crippen LogP contribution in [0.1, 0.15) is 25.8 Å². The minimum absolute atomic E-state index is 0.0466. The molecule has 0 radical (unpaired) electrons. The van der Waals surface area contributed by atoms with Gasteiger partial charge in [-0.1, -0.05) is 30.3 Å². The van der Waals surface area contributed by atoms with E-state index in [4.69, 9.17) is 9.47 Å². The van der Waals surface area contributed by atoms with Gasteiger partial charge < -0.3 is 14.8 Å². The van der Waals surface area contributed by atoms with Crippen LogP contribution in [0.25, 0.3) is 0 Å². The van der Waals surface area contributed by atoms with Gasteiger partial charge in [-0.2, -0.15) is 0 Å².